The van der Waals surface area contributed by atoms with Crippen molar-refractivity contribution in [2.24, 2.45) is 22.7 Å². The molecule has 0 bridgehead atoms. The zero-order valence-corrected chi connectivity index (χ0v) is 39.3. The number of terminal acetylenes is 1. The smallest absolute Gasteiger partial charge is 0.338 e. The summed E-state index contributed by atoms with van der Waals surface area (Å²) in [7, 11) is 0. The van der Waals surface area contributed by atoms with Gasteiger partial charge in [-0.05, 0) is 123 Å². The Morgan fingerprint density at radius 1 is 0.884 bits per heavy atom. The zero-order chi connectivity index (χ0) is 49.7. The predicted molar refractivity (Wildman–Crippen MR) is 254 cm³/mol. The number of carbonyl (C=O) groups excluding carboxylic acids is 7. The number of esters is 4. The summed E-state index contributed by atoms with van der Waals surface area (Å²) in [5.41, 5.74) is 2.77. The molecule has 1 aliphatic heterocycles. The number of ketones is 2. The molecular weight excluding hydrogens is 885 g/mol. The summed E-state index contributed by atoms with van der Waals surface area (Å²) < 4.78 is 26.7. The molecule has 15 nitrogen and oxygen atoms in total. The van der Waals surface area contributed by atoms with Crippen molar-refractivity contribution in [2.75, 3.05) is 51.4 Å². The van der Waals surface area contributed by atoms with Gasteiger partial charge in [0.05, 0.1) is 42.5 Å². The van der Waals surface area contributed by atoms with Gasteiger partial charge in [0.2, 0.25) is 5.91 Å². The van der Waals surface area contributed by atoms with Crippen molar-refractivity contribution < 1.29 is 62.4 Å². The van der Waals surface area contributed by atoms with E-state index in [0.717, 1.165) is 17.6 Å². The molecule has 3 N–H and O–H groups in total. The Morgan fingerprint density at radius 2 is 1.54 bits per heavy atom. The third-order valence-corrected chi connectivity index (χ3v) is 13.8. The molecule has 1 heterocycles. The molecule has 3 unspecified atom stereocenters. The first-order valence-electron chi connectivity index (χ1n) is 23.1. The number of aliphatic hydroxyl groups excluding tert-OH is 1. The topological polar surface area (TPSA) is 210 Å². The molecule has 6 atom stereocenters. The van der Waals surface area contributed by atoms with E-state index in [-0.39, 0.29) is 74.9 Å². The number of hydrogen-bond acceptors (Lipinski definition) is 14. The van der Waals surface area contributed by atoms with Crippen LogP contribution in [0, 0.1) is 41.9 Å². The maximum Gasteiger partial charge on any atom is 0.338 e. The molecule has 3 aromatic carbocycles. The normalized spacial score (nSPS) is 22.2. The van der Waals surface area contributed by atoms with Crippen LogP contribution >= 0.6 is 0 Å². The molecule has 2 fully saturated rings. The van der Waals surface area contributed by atoms with Gasteiger partial charge in [-0.25, -0.2) is 14.4 Å². The third-order valence-electron chi connectivity index (χ3n) is 13.8. The van der Waals surface area contributed by atoms with Gasteiger partial charge < -0.3 is 34.1 Å². The number of nitrogens with one attached hydrogen (secondary N) is 2. The first-order valence-corrected chi connectivity index (χ1v) is 23.1. The van der Waals surface area contributed by atoms with E-state index in [9.17, 15) is 38.7 Å². The third kappa shape index (κ3) is 13.1. The van der Waals surface area contributed by atoms with Crippen molar-refractivity contribution >= 4 is 47.0 Å². The summed E-state index contributed by atoms with van der Waals surface area (Å²) in [4.78, 5) is 90.0. The SMILES string of the molecule is C#CCOCCOC(=O)CNCC(=O)Nc1ccc(C(=O)c2ccc(C(=O)OCC(=O)CC[C@]3(C)C(O)CC[C@]4(C)C3CCC(=C)[C@H]4CC(OC(=O)c3ccc(C)cc3)C3=CCOC3=O)cc2)cc1. The van der Waals surface area contributed by atoms with Crippen molar-refractivity contribution in [1.82, 2.24) is 5.32 Å². The molecule has 6 rings (SSSR count). The number of ether oxygens (including phenoxy) is 5. The largest absolute Gasteiger partial charge is 0.462 e. The molecule has 69 heavy (non-hydrogen) atoms. The molecule has 0 spiro atoms. The Labute approximate surface area is 402 Å². The van der Waals surface area contributed by atoms with Crippen LogP contribution in [0.2, 0.25) is 0 Å². The number of anilines is 1. The van der Waals surface area contributed by atoms with Gasteiger partial charge in [0, 0.05) is 23.2 Å². The number of Topliss-reactive ketones (excluding diaryl/α,β-unsaturated/α-hetero) is 1. The minimum Gasteiger partial charge on any atom is -0.462 e. The molecule has 0 radical (unpaired) electrons. The van der Waals surface area contributed by atoms with E-state index in [1.165, 1.54) is 24.3 Å². The molecule has 0 saturated heterocycles. The lowest BCUT2D eigenvalue weighted by molar-refractivity contribution is -0.146. The number of hydrogen-bond donors (Lipinski definition) is 3. The van der Waals surface area contributed by atoms with E-state index in [2.05, 4.69) is 30.1 Å². The van der Waals surface area contributed by atoms with E-state index >= 15 is 0 Å². The van der Waals surface area contributed by atoms with Crippen LogP contribution in [0.5, 0.6) is 0 Å². The first-order chi connectivity index (χ1) is 33.0. The number of amides is 1. The van der Waals surface area contributed by atoms with Gasteiger partial charge in [-0.1, -0.05) is 61.7 Å². The second-order valence-corrected chi connectivity index (χ2v) is 18.3. The maximum atomic E-state index is 13.4. The van der Waals surface area contributed by atoms with Crippen molar-refractivity contribution in [3.8, 4) is 12.3 Å². The van der Waals surface area contributed by atoms with Crippen molar-refractivity contribution in [1.29, 1.82) is 0 Å². The number of aryl methyl sites for hydroxylation is 1. The summed E-state index contributed by atoms with van der Waals surface area (Å²) in [6, 6.07) is 19.1. The van der Waals surface area contributed by atoms with Crippen LogP contribution in [0.15, 0.2) is 96.6 Å². The van der Waals surface area contributed by atoms with Crippen LogP contribution in [0.1, 0.15) is 101 Å². The van der Waals surface area contributed by atoms with Crippen molar-refractivity contribution in [2.45, 2.75) is 77.9 Å². The fourth-order valence-electron chi connectivity index (χ4n) is 9.96. The Bertz CT molecular complexity index is 2470. The average Bonchev–Trinajstić information content (AvgIpc) is 3.77. The Hall–Kier alpha value is -6.73. The van der Waals surface area contributed by atoms with Gasteiger partial charge in [-0.3, -0.25) is 24.5 Å². The maximum absolute atomic E-state index is 13.4. The lowest BCUT2D eigenvalue weighted by Crippen LogP contribution is -2.56. The van der Waals surface area contributed by atoms with E-state index in [1.807, 2.05) is 26.0 Å². The number of fused-ring (bicyclic) bond motifs is 1. The molecule has 3 aliphatic rings. The molecule has 2 aliphatic carbocycles. The van der Waals surface area contributed by atoms with Gasteiger partial charge in [0.15, 0.2) is 11.6 Å². The van der Waals surface area contributed by atoms with Gasteiger partial charge in [0.1, 0.15) is 32.5 Å². The van der Waals surface area contributed by atoms with Crippen molar-refractivity contribution in [3.05, 3.63) is 124 Å². The summed E-state index contributed by atoms with van der Waals surface area (Å²) in [6.07, 6.45) is 8.41. The lowest BCUT2D eigenvalue weighted by atomic mass is 9.45. The molecule has 15 heteroatoms. The fourth-order valence-corrected chi connectivity index (χ4v) is 9.96. The minimum atomic E-state index is -0.877. The van der Waals surface area contributed by atoms with Crippen LogP contribution in [0.25, 0.3) is 0 Å². The monoisotopic (exact) mass is 944 g/mol. The second-order valence-electron chi connectivity index (χ2n) is 18.3. The molecule has 0 aromatic heterocycles. The van der Waals surface area contributed by atoms with Crippen LogP contribution < -0.4 is 10.6 Å². The summed E-state index contributed by atoms with van der Waals surface area (Å²) in [5, 5.41) is 17.0. The number of carbonyl (C=O) groups is 7. The number of cyclic esters (lactones) is 1. The van der Waals surface area contributed by atoms with Gasteiger partial charge in [0.25, 0.3) is 0 Å². The van der Waals surface area contributed by atoms with Crippen LogP contribution in [-0.2, 0) is 42.9 Å². The Morgan fingerprint density at radius 3 is 2.20 bits per heavy atom. The van der Waals surface area contributed by atoms with E-state index < -0.39 is 59.4 Å². The average molecular weight is 945 g/mol. The first kappa shape index (κ1) is 51.7. The summed E-state index contributed by atoms with van der Waals surface area (Å²) in [5.74, 6) is -1.32. The van der Waals surface area contributed by atoms with Crippen LogP contribution in [0.3, 0.4) is 0 Å². The van der Waals surface area contributed by atoms with Crippen LogP contribution in [0.4, 0.5) is 5.69 Å². The summed E-state index contributed by atoms with van der Waals surface area (Å²) >= 11 is 0. The van der Waals surface area contributed by atoms with Gasteiger partial charge in [-0.2, -0.15) is 0 Å². The van der Waals surface area contributed by atoms with Gasteiger partial charge in [-0.15, -0.1) is 6.42 Å². The minimum absolute atomic E-state index is 0.0410. The summed E-state index contributed by atoms with van der Waals surface area (Å²) in [6.45, 7) is 10.2. The van der Waals surface area contributed by atoms with Crippen molar-refractivity contribution in [3.63, 3.8) is 0 Å². The number of benzene rings is 3. The molecule has 3 aromatic rings. The lowest BCUT2D eigenvalue weighted by Gasteiger charge is -2.60. The zero-order valence-electron chi connectivity index (χ0n) is 39.3. The fraction of sp³-hybridized carbons (Fsp3) is 0.426. The highest BCUT2D eigenvalue weighted by atomic mass is 16.6. The second kappa shape index (κ2) is 23.5. The highest BCUT2D eigenvalue weighted by Crippen LogP contribution is 2.63. The Kier molecular flexibility index (Phi) is 17.6. The quantitative estimate of drug-likeness (QED) is 0.0252. The molecular formula is C54H60N2O13. The standard InChI is InChI=1S/C54H60N2O13/c1-6-26-65-28-29-66-48(60)32-55-31-47(59)56-40-18-16-37(17-19-40)49(61)36-12-14-38(15-13-36)50(62)68-33-41(57)21-24-54(5)45-20-9-35(3)43(53(45,4)25-22-46(54)58)30-44(42-23-27-67-52(42)64)69-51(63)39-10-7-34(2)8-11-39/h1,7-8,10-19,23,43-46,55,58H,3,9,20-22,24-33H2,2,4-5H3,(H,56,59)/t43-,44?,45?,46?,53+,54+/m1/s1. The number of rotatable bonds is 22. The molecule has 1 amide bonds. The highest BCUT2D eigenvalue weighted by Gasteiger charge is 2.58. The molecule has 364 valence electrons. The number of allylic oxidation sites excluding steroid dienone is 1. The van der Waals surface area contributed by atoms with E-state index in [1.54, 1.807) is 42.5 Å². The Balaban J connectivity index is 0.986. The highest BCUT2D eigenvalue weighted by molar-refractivity contribution is 6.09. The number of aliphatic hydroxyl groups is 1. The van der Waals surface area contributed by atoms with E-state index in [0.29, 0.717) is 60.1 Å². The molecule has 2 saturated carbocycles. The predicted octanol–water partition coefficient (Wildman–Crippen LogP) is 6.30. The van der Waals surface area contributed by atoms with E-state index in [4.69, 9.17) is 30.1 Å². The van der Waals surface area contributed by atoms with Crippen LogP contribution in [-0.4, -0.2) is 105 Å². The van der Waals surface area contributed by atoms with Gasteiger partial charge >= 0.3 is 23.9 Å².